The molecule has 132 valence electrons. The first-order valence-corrected chi connectivity index (χ1v) is 8.22. The second-order valence-corrected chi connectivity index (χ2v) is 6.22. The number of fused-ring (bicyclic) bond motifs is 2. The molecule has 4 rings (SSSR count). The zero-order chi connectivity index (χ0) is 19.1. The molecule has 0 amide bonds. The topological polar surface area (TPSA) is 94.8 Å². The number of benzene rings is 4. The van der Waals surface area contributed by atoms with Gasteiger partial charge in [0.1, 0.15) is 11.3 Å². The molecule has 5 nitrogen and oxygen atoms in total. The van der Waals surface area contributed by atoms with E-state index >= 15 is 0 Å². The van der Waals surface area contributed by atoms with Gasteiger partial charge in [-0.1, -0.05) is 48.5 Å². The van der Waals surface area contributed by atoms with Crippen LogP contribution in [-0.4, -0.2) is 27.3 Å². The maximum Gasteiger partial charge on any atom is 0.339 e. The lowest BCUT2D eigenvalue weighted by atomic mass is 9.90. The van der Waals surface area contributed by atoms with E-state index in [1.807, 2.05) is 12.1 Å². The Hall–Kier alpha value is -3.86. The van der Waals surface area contributed by atoms with Crippen LogP contribution in [0.15, 0.2) is 66.7 Å². The van der Waals surface area contributed by atoms with Crippen molar-refractivity contribution in [3.05, 3.63) is 77.9 Å². The largest absolute Gasteiger partial charge is 0.506 e. The third-order valence-electron chi connectivity index (χ3n) is 4.63. The highest BCUT2D eigenvalue weighted by Gasteiger charge is 2.21. The van der Waals surface area contributed by atoms with Gasteiger partial charge in [-0.2, -0.15) is 0 Å². The molecule has 0 radical (unpaired) electrons. The van der Waals surface area contributed by atoms with E-state index in [1.54, 1.807) is 42.5 Å². The monoisotopic (exact) mass is 358 g/mol. The Balaban J connectivity index is 2.22. The van der Waals surface area contributed by atoms with E-state index in [2.05, 4.69) is 0 Å². The summed E-state index contributed by atoms with van der Waals surface area (Å²) in [5, 5.41) is 32.5. The molecule has 0 saturated carbocycles. The second-order valence-electron chi connectivity index (χ2n) is 6.22. The Morgan fingerprint density at radius 3 is 1.93 bits per heavy atom. The van der Waals surface area contributed by atoms with Crippen LogP contribution in [0.5, 0.6) is 5.75 Å². The van der Waals surface area contributed by atoms with Crippen molar-refractivity contribution < 1.29 is 24.9 Å². The van der Waals surface area contributed by atoms with E-state index in [0.717, 1.165) is 5.39 Å². The summed E-state index contributed by atoms with van der Waals surface area (Å²) in [4.78, 5) is 23.2. The number of phenols is 1. The van der Waals surface area contributed by atoms with Gasteiger partial charge in [-0.3, -0.25) is 0 Å². The van der Waals surface area contributed by atoms with E-state index in [9.17, 15) is 24.9 Å². The Morgan fingerprint density at radius 1 is 0.704 bits per heavy atom. The van der Waals surface area contributed by atoms with Gasteiger partial charge in [-0.05, 0) is 45.3 Å². The van der Waals surface area contributed by atoms with Crippen molar-refractivity contribution in [2.75, 3.05) is 0 Å². The number of carboxylic acid groups (broad SMARTS) is 2. The molecule has 0 saturated heterocycles. The van der Waals surface area contributed by atoms with Gasteiger partial charge in [0.2, 0.25) is 0 Å². The molecule has 27 heavy (non-hydrogen) atoms. The molecule has 0 fully saturated rings. The highest BCUT2D eigenvalue weighted by atomic mass is 16.4. The average molecular weight is 358 g/mol. The van der Waals surface area contributed by atoms with Crippen LogP contribution in [0.1, 0.15) is 20.7 Å². The number of aromatic carboxylic acids is 2. The molecule has 0 bridgehead atoms. The lowest BCUT2D eigenvalue weighted by molar-refractivity contribution is 0.0684. The summed E-state index contributed by atoms with van der Waals surface area (Å²) in [6.07, 6.45) is 0. The van der Waals surface area contributed by atoms with Crippen molar-refractivity contribution in [3.63, 3.8) is 0 Å². The third-order valence-corrected chi connectivity index (χ3v) is 4.63. The molecule has 0 atom stereocenters. The molecule has 0 aromatic heterocycles. The van der Waals surface area contributed by atoms with Crippen LogP contribution < -0.4 is 0 Å². The van der Waals surface area contributed by atoms with Gasteiger partial charge in [0.15, 0.2) is 0 Å². The van der Waals surface area contributed by atoms with Crippen molar-refractivity contribution in [1.82, 2.24) is 0 Å². The zero-order valence-electron chi connectivity index (χ0n) is 14.0. The smallest absolute Gasteiger partial charge is 0.339 e. The van der Waals surface area contributed by atoms with Crippen molar-refractivity contribution in [2.45, 2.75) is 0 Å². The lowest BCUT2D eigenvalue weighted by Gasteiger charge is -2.15. The molecule has 5 heteroatoms. The Kier molecular flexibility index (Phi) is 3.78. The predicted molar refractivity (Wildman–Crippen MR) is 102 cm³/mol. The fraction of sp³-hybridized carbons (Fsp3) is 0. The molecule has 4 aromatic carbocycles. The van der Waals surface area contributed by atoms with E-state index in [0.29, 0.717) is 27.3 Å². The van der Waals surface area contributed by atoms with Crippen LogP contribution in [0, 0.1) is 0 Å². The highest BCUT2D eigenvalue weighted by molar-refractivity contribution is 6.13. The van der Waals surface area contributed by atoms with Gasteiger partial charge < -0.3 is 15.3 Å². The molecule has 4 aromatic rings. The number of hydrogen-bond acceptors (Lipinski definition) is 3. The normalized spacial score (nSPS) is 11.0. The lowest BCUT2D eigenvalue weighted by Crippen LogP contribution is -2.01. The number of carbonyl (C=O) groups is 2. The minimum Gasteiger partial charge on any atom is -0.506 e. The first-order chi connectivity index (χ1) is 13.0. The molecule has 0 aliphatic rings. The first kappa shape index (κ1) is 16.6. The summed E-state index contributed by atoms with van der Waals surface area (Å²) in [6, 6.07) is 18.8. The summed E-state index contributed by atoms with van der Waals surface area (Å²) >= 11 is 0. The van der Waals surface area contributed by atoms with Gasteiger partial charge in [0.05, 0.1) is 5.56 Å². The quantitative estimate of drug-likeness (QED) is 0.491. The van der Waals surface area contributed by atoms with Crippen LogP contribution in [0.4, 0.5) is 0 Å². The number of carboxylic acids is 2. The van der Waals surface area contributed by atoms with Crippen LogP contribution in [-0.2, 0) is 0 Å². The van der Waals surface area contributed by atoms with Gasteiger partial charge in [-0.15, -0.1) is 0 Å². The SMILES string of the molecule is O=C(O)c1cc(-c2c(O)c(C(=O)O)cc3ccccc23)c2ccccc2c1. The van der Waals surface area contributed by atoms with E-state index in [4.69, 9.17) is 0 Å². The highest BCUT2D eigenvalue weighted by Crippen LogP contribution is 2.42. The Labute approximate surface area is 153 Å². The van der Waals surface area contributed by atoms with Crippen molar-refractivity contribution in [1.29, 1.82) is 0 Å². The predicted octanol–water partition coefficient (Wildman–Crippen LogP) is 4.76. The number of rotatable bonds is 3. The molecule has 0 aliphatic heterocycles. The van der Waals surface area contributed by atoms with Gasteiger partial charge >= 0.3 is 11.9 Å². The van der Waals surface area contributed by atoms with Crippen LogP contribution in [0.3, 0.4) is 0 Å². The fourth-order valence-electron chi connectivity index (χ4n) is 3.41. The minimum absolute atomic E-state index is 0.0629. The minimum atomic E-state index is -1.25. The summed E-state index contributed by atoms with van der Waals surface area (Å²) in [7, 11) is 0. The molecule has 0 aliphatic carbocycles. The Bertz CT molecular complexity index is 1240. The summed E-state index contributed by atoms with van der Waals surface area (Å²) < 4.78 is 0. The molecular weight excluding hydrogens is 344 g/mol. The third kappa shape index (κ3) is 2.66. The fourth-order valence-corrected chi connectivity index (χ4v) is 3.41. The Morgan fingerprint density at radius 2 is 1.30 bits per heavy atom. The molecule has 0 spiro atoms. The molecule has 0 heterocycles. The van der Waals surface area contributed by atoms with E-state index in [-0.39, 0.29) is 16.9 Å². The van der Waals surface area contributed by atoms with Crippen LogP contribution in [0.2, 0.25) is 0 Å². The summed E-state index contributed by atoms with van der Waals surface area (Å²) in [5.41, 5.74) is 0.619. The van der Waals surface area contributed by atoms with Gasteiger partial charge in [-0.25, -0.2) is 9.59 Å². The maximum absolute atomic E-state index is 11.6. The van der Waals surface area contributed by atoms with Crippen LogP contribution in [0.25, 0.3) is 32.7 Å². The summed E-state index contributed by atoms with van der Waals surface area (Å²) in [5.74, 6) is -2.73. The number of aromatic hydroxyl groups is 1. The number of hydrogen-bond donors (Lipinski definition) is 3. The van der Waals surface area contributed by atoms with E-state index in [1.165, 1.54) is 12.1 Å². The molecular formula is C22H14O5. The zero-order valence-corrected chi connectivity index (χ0v) is 14.0. The van der Waals surface area contributed by atoms with Crippen molar-refractivity contribution in [2.24, 2.45) is 0 Å². The molecule has 0 unspecified atom stereocenters. The molecule has 3 N–H and O–H groups in total. The average Bonchev–Trinajstić information content (AvgIpc) is 2.66. The van der Waals surface area contributed by atoms with Gasteiger partial charge in [0, 0.05) is 5.56 Å². The standard InChI is InChI=1S/C22H14O5/c23-20-18(22(26)27)10-13-6-2-4-8-16(13)19(20)17-11-14(21(24)25)9-12-5-1-3-7-15(12)17/h1-11,23H,(H,24,25)(H,26,27). The van der Waals surface area contributed by atoms with Gasteiger partial charge in [0.25, 0.3) is 0 Å². The first-order valence-electron chi connectivity index (χ1n) is 8.22. The van der Waals surface area contributed by atoms with Crippen molar-refractivity contribution >= 4 is 33.5 Å². The summed E-state index contributed by atoms with van der Waals surface area (Å²) in [6.45, 7) is 0. The van der Waals surface area contributed by atoms with E-state index < -0.39 is 11.9 Å². The second kappa shape index (κ2) is 6.14. The maximum atomic E-state index is 11.6. The van der Waals surface area contributed by atoms with Crippen LogP contribution >= 0.6 is 0 Å². The van der Waals surface area contributed by atoms with Crippen molar-refractivity contribution in [3.8, 4) is 16.9 Å².